The van der Waals surface area contributed by atoms with E-state index in [4.69, 9.17) is 9.47 Å². The molecule has 0 spiro atoms. The zero-order valence-corrected chi connectivity index (χ0v) is 13.1. The van der Waals surface area contributed by atoms with Crippen LogP contribution in [0.4, 0.5) is 0 Å². The molecule has 0 radical (unpaired) electrons. The van der Waals surface area contributed by atoms with Gasteiger partial charge in [0, 0.05) is 6.04 Å². The van der Waals surface area contributed by atoms with E-state index >= 15 is 0 Å². The number of hydrogen-bond donors (Lipinski definition) is 1. The third-order valence-corrected chi connectivity index (χ3v) is 4.49. The van der Waals surface area contributed by atoms with E-state index in [1.54, 1.807) is 0 Å². The highest BCUT2D eigenvalue weighted by molar-refractivity contribution is 5.40. The van der Waals surface area contributed by atoms with E-state index in [-0.39, 0.29) is 5.60 Å². The third kappa shape index (κ3) is 3.91. The van der Waals surface area contributed by atoms with Crippen LogP contribution in [0, 0.1) is 0 Å². The fraction of sp³-hybridized carbons (Fsp3) is 0.667. The SMILES string of the molecule is CCCOc1ccccc1OC1(CCNC2CC2)CCC1. The van der Waals surface area contributed by atoms with E-state index in [0.29, 0.717) is 0 Å². The van der Waals surface area contributed by atoms with Gasteiger partial charge in [-0.1, -0.05) is 19.1 Å². The smallest absolute Gasteiger partial charge is 0.162 e. The van der Waals surface area contributed by atoms with Crippen LogP contribution in [-0.2, 0) is 0 Å². The summed E-state index contributed by atoms with van der Waals surface area (Å²) in [5, 5.41) is 3.60. The zero-order chi connectivity index (χ0) is 14.5. The minimum absolute atomic E-state index is 0.0353. The Labute approximate surface area is 128 Å². The minimum Gasteiger partial charge on any atom is -0.490 e. The third-order valence-electron chi connectivity index (χ3n) is 4.49. The van der Waals surface area contributed by atoms with Crippen molar-refractivity contribution in [2.75, 3.05) is 13.2 Å². The highest BCUT2D eigenvalue weighted by atomic mass is 16.5. The van der Waals surface area contributed by atoms with Crippen molar-refractivity contribution in [3.63, 3.8) is 0 Å². The Morgan fingerprint density at radius 2 is 1.95 bits per heavy atom. The van der Waals surface area contributed by atoms with Crippen LogP contribution in [-0.4, -0.2) is 24.8 Å². The van der Waals surface area contributed by atoms with Gasteiger partial charge in [0.25, 0.3) is 0 Å². The summed E-state index contributed by atoms with van der Waals surface area (Å²) in [7, 11) is 0. The van der Waals surface area contributed by atoms with E-state index in [1.807, 2.05) is 24.3 Å². The van der Waals surface area contributed by atoms with Gasteiger partial charge in [-0.15, -0.1) is 0 Å². The van der Waals surface area contributed by atoms with Crippen molar-refractivity contribution >= 4 is 0 Å². The molecular weight excluding hydrogens is 262 g/mol. The maximum absolute atomic E-state index is 6.40. The van der Waals surface area contributed by atoms with E-state index in [9.17, 15) is 0 Å². The molecule has 1 aromatic carbocycles. The van der Waals surface area contributed by atoms with Gasteiger partial charge in [-0.25, -0.2) is 0 Å². The fourth-order valence-corrected chi connectivity index (χ4v) is 2.86. The second-order valence-corrected chi connectivity index (χ2v) is 6.41. The first-order valence-electron chi connectivity index (χ1n) is 8.45. The molecule has 0 saturated heterocycles. The number of nitrogens with one attached hydrogen (secondary N) is 1. The fourth-order valence-electron chi connectivity index (χ4n) is 2.86. The summed E-state index contributed by atoms with van der Waals surface area (Å²) in [6.45, 7) is 3.94. The number of rotatable bonds is 9. The highest BCUT2D eigenvalue weighted by Crippen LogP contribution is 2.42. The lowest BCUT2D eigenvalue weighted by Gasteiger charge is -2.42. The minimum atomic E-state index is 0.0353. The summed E-state index contributed by atoms with van der Waals surface area (Å²) in [6, 6.07) is 8.88. The number of benzene rings is 1. The van der Waals surface area contributed by atoms with E-state index in [2.05, 4.69) is 12.2 Å². The molecular formula is C18H27NO2. The molecule has 1 aromatic rings. The molecule has 116 valence electrons. The molecule has 0 unspecified atom stereocenters. The maximum atomic E-state index is 6.40. The van der Waals surface area contributed by atoms with Crippen LogP contribution in [0.5, 0.6) is 11.5 Å². The lowest BCUT2D eigenvalue weighted by Crippen LogP contribution is -2.45. The summed E-state index contributed by atoms with van der Waals surface area (Å²) in [4.78, 5) is 0. The van der Waals surface area contributed by atoms with Crippen LogP contribution in [0.1, 0.15) is 51.9 Å². The Morgan fingerprint density at radius 3 is 2.57 bits per heavy atom. The van der Waals surface area contributed by atoms with Crippen molar-refractivity contribution in [1.82, 2.24) is 5.32 Å². The second kappa shape index (κ2) is 6.69. The molecule has 0 aromatic heterocycles. The molecule has 0 atom stereocenters. The second-order valence-electron chi connectivity index (χ2n) is 6.41. The molecule has 2 aliphatic carbocycles. The van der Waals surface area contributed by atoms with Gasteiger partial charge in [-0.3, -0.25) is 0 Å². The van der Waals surface area contributed by atoms with Gasteiger partial charge < -0.3 is 14.8 Å². The van der Waals surface area contributed by atoms with Gasteiger partial charge in [0.05, 0.1) is 6.61 Å². The molecule has 0 amide bonds. The van der Waals surface area contributed by atoms with Crippen LogP contribution >= 0.6 is 0 Å². The van der Waals surface area contributed by atoms with Crippen molar-refractivity contribution in [2.45, 2.75) is 63.5 Å². The topological polar surface area (TPSA) is 30.5 Å². The van der Waals surface area contributed by atoms with E-state index in [1.165, 1.54) is 32.1 Å². The quantitative estimate of drug-likeness (QED) is 0.747. The normalized spacial score (nSPS) is 19.9. The Bertz CT molecular complexity index is 452. The van der Waals surface area contributed by atoms with Crippen molar-refractivity contribution in [2.24, 2.45) is 0 Å². The molecule has 3 nitrogen and oxygen atoms in total. The first-order chi connectivity index (χ1) is 10.3. The van der Waals surface area contributed by atoms with Gasteiger partial charge in [-0.2, -0.15) is 0 Å². The largest absolute Gasteiger partial charge is 0.490 e. The lowest BCUT2D eigenvalue weighted by atomic mass is 9.77. The van der Waals surface area contributed by atoms with Gasteiger partial charge in [0.2, 0.25) is 0 Å². The molecule has 2 aliphatic rings. The lowest BCUT2D eigenvalue weighted by molar-refractivity contribution is -0.0165. The number of ether oxygens (including phenoxy) is 2. The van der Waals surface area contributed by atoms with Gasteiger partial charge >= 0.3 is 0 Å². The predicted octanol–water partition coefficient (Wildman–Crippen LogP) is 3.92. The average molecular weight is 289 g/mol. The monoisotopic (exact) mass is 289 g/mol. The Morgan fingerprint density at radius 1 is 1.19 bits per heavy atom. The summed E-state index contributed by atoms with van der Waals surface area (Å²) in [5.41, 5.74) is 0.0353. The predicted molar refractivity (Wildman–Crippen MR) is 85.1 cm³/mol. The van der Waals surface area contributed by atoms with Gasteiger partial charge in [0.1, 0.15) is 5.60 Å². The first kappa shape index (κ1) is 14.7. The summed E-state index contributed by atoms with van der Waals surface area (Å²) in [6.07, 6.45) is 8.43. The first-order valence-corrected chi connectivity index (χ1v) is 8.45. The number of para-hydroxylation sites is 2. The van der Waals surface area contributed by atoms with Crippen molar-refractivity contribution in [3.05, 3.63) is 24.3 Å². The van der Waals surface area contributed by atoms with Crippen LogP contribution < -0.4 is 14.8 Å². The van der Waals surface area contributed by atoms with Crippen molar-refractivity contribution in [3.8, 4) is 11.5 Å². The molecule has 2 fully saturated rings. The Kier molecular flexibility index (Phi) is 4.69. The van der Waals surface area contributed by atoms with Crippen LogP contribution in [0.3, 0.4) is 0 Å². The summed E-state index contributed by atoms with van der Waals surface area (Å²) in [5.74, 6) is 1.80. The molecule has 3 heteroatoms. The summed E-state index contributed by atoms with van der Waals surface area (Å²) >= 11 is 0. The zero-order valence-electron chi connectivity index (χ0n) is 13.1. The Balaban J connectivity index is 1.59. The van der Waals surface area contributed by atoms with E-state index < -0.39 is 0 Å². The van der Waals surface area contributed by atoms with Crippen molar-refractivity contribution in [1.29, 1.82) is 0 Å². The van der Waals surface area contributed by atoms with Crippen molar-refractivity contribution < 1.29 is 9.47 Å². The van der Waals surface area contributed by atoms with Gasteiger partial charge in [-0.05, 0) is 63.6 Å². The van der Waals surface area contributed by atoms with Gasteiger partial charge in [0.15, 0.2) is 11.5 Å². The standard InChI is InChI=1S/C18H27NO2/c1-2-14-20-16-6-3-4-7-17(16)21-18(10-5-11-18)12-13-19-15-8-9-15/h3-4,6-7,15,19H,2,5,8-14H2,1H3. The molecule has 0 bridgehead atoms. The van der Waals surface area contributed by atoms with Crippen LogP contribution in [0.25, 0.3) is 0 Å². The molecule has 0 aliphatic heterocycles. The Hall–Kier alpha value is -1.22. The molecule has 2 saturated carbocycles. The van der Waals surface area contributed by atoms with Crippen LogP contribution in [0.2, 0.25) is 0 Å². The number of hydrogen-bond acceptors (Lipinski definition) is 3. The summed E-state index contributed by atoms with van der Waals surface area (Å²) < 4.78 is 12.2. The average Bonchev–Trinajstić information content (AvgIpc) is 3.27. The molecule has 21 heavy (non-hydrogen) atoms. The molecule has 0 heterocycles. The maximum Gasteiger partial charge on any atom is 0.162 e. The van der Waals surface area contributed by atoms with Crippen LogP contribution in [0.15, 0.2) is 24.3 Å². The van der Waals surface area contributed by atoms with E-state index in [0.717, 1.165) is 43.5 Å². The molecule has 3 rings (SSSR count). The molecule has 1 N–H and O–H groups in total. The highest BCUT2D eigenvalue weighted by Gasteiger charge is 2.39.